The molecule has 0 saturated heterocycles. The molecule has 0 heteroatoms. The van der Waals surface area contributed by atoms with Gasteiger partial charge in [0.15, 0.2) is 0 Å². The Kier molecular flexibility index (Phi) is 5.59. The summed E-state index contributed by atoms with van der Waals surface area (Å²) >= 11 is 0. The maximum absolute atomic E-state index is 2.54. The minimum atomic E-state index is 1.25. The first kappa shape index (κ1) is 28.0. The van der Waals surface area contributed by atoms with Gasteiger partial charge in [-0.2, -0.15) is 0 Å². The average molecular weight is 655 g/mol. The number of hydrogen-bond acceptors (Lipinski definition) is 0. The smallest absolute Gasteiger partial charge is 0.000719 e. The predicted molar refractivity (Wildman–Crippen MR) is 225 cm³/mol. The number of benzene rings is 10. The summed E-state index contributed by atoms with van der Waals surface area (Å²) in [5.74, 6) is 0. The molecular formula is C52H30. The highest BCUT2D eigenvalue weighted by atomic mass is 14.3. The number of fused-ring (bicyclic) bond motifs is 9. The Morgan fingerprint density at radius 3 is 1.54 bits per heavy atom. The van der Waals surface area contributed by atoms with Gasteiger partial charge in [0.25, 0.3) is 0 Å². The van der Waals surface area contributed by atoms with Gasteiger partial charge < -0.3 is 0 Å². The van der Waals surface area contributed by atoms with Crippen LogP contribution in [0.15, 0.2) is 182 Å². The van der Waals surface area contributed by atoms with Crippen LogP contribution < -0.4 is 0 Å². The third kappa shape index (κ3) is 3.66. The van der Waals surface area contributed by atoms with Crippen LogP contribution in [0.25, 0.3) is 120 Å². The zero-order chi connectivity index (χ0) is 33.9. The van der Waals surface area contributed by atoms with Gasteiger partial charge in [-0.25, -0.2) is 0 Å². The minimum Gasteiger partial charge on any atom is -0.0622 e. The number of rotatable bonds is 3. The van der Waals surface area contributed by atoms with E-state index in [9.17, 15) is 0 Å². The van der Waals surface area contributed by atoms with Crippen molar-refractivity contribution in [3.8, 4) is 33.4 Å². The molecule has 0 nitrogen and oxygen atoms in total. The Labute approximate surface area is 300 Å². The molecule has 0 amide bonds. The minimum absolute atomic E-state index is 1.25. The Morgan fingerprint density at radius 2 is 0.769 bits per heavy atom. The molecule has 0 radical (unpaired) electrons. The van der Waals surface area contributed by atoms with Crippen molar-refractivity contribution >= 4 is 86.2 Å². The van der Waals surface area contributed by atoms with E-state index in [0.29, 0.717) is 0 Å². The van der Waals surface area contributed by atoms with Crippen molar-refractivity contribution in [3.05, 3.63) is 182 Å². The van der Waals surface area contributed by atoms with Gasteiger partial charge in [0.05, 0.1) is 0 Å². The SMILES string of the molecule is c1ccc(-c2c3cc4c5cc(-c6cccc7ccccc67)ccc5c5cccc(c3c(-c3ccccc3)c3c6cccc7cccc(c23)c76)c54)cc1. The van der Waals surface area contributed by atoms with Crippen molar-refractivity contribution in [1.29, 1.82) is 0 Å². The van der Waals surface area contributed by atoms with Crippen molar-refractivity contribution in [1.82, 2.24) is 0 Å². The maximum Gasteiger partial charge on any atom is -0.000719 e. The Balaban J connectivity index is 1.34. The largest absolute Gasteiger partial charge is 0.0622 e. The Bertz CT molecular complexity index is 3360. The molecule has 12 rings (SSSR count). The summed E-state index contributed by atoms with van der Waals surface area (Å²) in [6.45, 7) is 0. The van der Waals surface area contributed by atoms with E-state index in [-0.39, 0.29) is 0 Å². The standard InChI is InChI=1S/C52H30/c1-3-14-33(15-4-1)47-45-30-44-43-29-35(37-22-9-18-31-13-7-8-21-36(31)37)27-28-38(43)39-23-12-26-42(49(39)44)50(45)48(34-16-5-2-6-17-34)52-41-25-11-20-32-19-10-24-40(46(32)41)51(47)52/h1-30H. The lowest BCUT2D eigenvalue weighted by molar-refractivity contribution is 1.68. The zero-order valence-corrected chi connectivity index (χ0v) is 28.3. The molecule has 52 heavy (non-hydrogen) atoms. The fraction of sp³-hybridized carbons (Fsp3) is 0. The molecule has 0 aromatic heterocycles. The molecule has 0 heterocycles. The Morgan fingerprint density at radius 1 is 0.212 bits per heavy atom. The summed E-state index contributed by atoms with van der Waals surface area (Å²) in [4.78, 5) is 0. The van der Waals surface area contributed by atoms with Crippen LogP contribution in [0.1, 0.15) is 0 Å². The quantitative estimate of drug-likeness (QED) is 0.166. The van der Waals surface area contributed by atoms with Gasteiger partial charge in [-0.1, -0.05) is 170 Å². The fourth-order valence-electron chi connectivity index (χ4n) is 9.64. The van der Waals surface area contributed by atoms with Crippen LogP contribution in [0.5, 0.6) is 0 Å². The molecule has 0 unspecified atom stereocenters. The molecular weight excluding hydrogens is 625 g/mol. The average Bonchev–Trinajstić information content (AvgIpc) is 3.71. The second-order valence-corrected chi connectivity index (χ2v) is 14.3. The van der Waals surface area contributed by atoms with Crippen LogP contribution in [-0.2, 0) is 0 Å². The lowest BCUT2D eigenvalue weighted by atomic mass is 9.84. The van der Waals surface area contributed by atoms with Gasteiger partial charge in [0.1, 0.15) is 0 Å². The molecule has 12 aromatic rings. The molecule has 12 aromatic carbocycles. The second kappa shape index (κ2) is 10.4. The van der Waals surface area contributed by atoms with E-state index in [1.54, 1.807) is 0 Å². The van der Waals surface area contributed by atoms with Gasteiger partial charge in [-0.3, -0.25) is 0 Å². The Hall–Kier alpha value is -6.76. The fourth-order valence-corrected chi connectivity index (χ4v) is 9.64. The van der Waals surface area contributed by atoms with Gasteiger partial charge in [0, 0.05) is 0 Å². The van der Waals surface area contributed by atoms with Gasteiger partial charge in [-0.15, -0.1) is 0 Å². The summed E-state index contributed by atoms with van der Waals surface area (Å²) in [7, 11) is 0. The highest BCUT2D eigenvalue weighted by molar-refractivity contribution is 6.44. The van der Waals surface area contributed by atoms with Gasteiger partial charge in [-0.05, 0) is 132 Å². The molecule has 0 saturated carbocycles. The first-order valence-corrected chi connectivity index (χ1v) is 18.2. The topological polar surface area (TPSA) is 0 Å². The van der Waals surface area contributed by atoms with E-state index in [0.717, 1.165) is 0 Å². The van der Waals surface area contributed by atoms with E-state index in [2.05, 4.69) is 182 Å². The monoisotopic (exact) mass is 654 g/mol. The van der Waals surface area contributed by atoms with Crippen LogP contribution in [0.2, 0.25) is 0 Å². The first-order chi connectivity index (χ1) is 25.8. The lowest BCUT2D eigenvalue weighted by Crippen LogP contribution is -1.91. The maximum atomic E-state index is 2.54. The summed E-state index contributed by atoms with van der Waals surface area (Å²) in [6.07, 6.45) is 0. The summed E-state index contributed by atoms with van der Waals surface area (Å²) in [5, 5.41) is 21.1. The van der Waals surface area contributed by atoms with E-state index >= 15 is 0 Å². The molecule has 0 N–H and O–H groups in total. The van der Waals surface area contributed by atoms with E-state index in [1.165, 1.54) is 120 Å². The normalized spacial score (nSPS) is 12.2. The summed E-state index contributed by atoms with van der Waals surface area (Å²) in [6, 6.07) is 67.9. The number of hydrogen-bond donors (Lipinski definition) is 0. The van der Waals surface area contributed by atoms with Crippen molar-refractivity contribution in [2.75, 3.05) is 0 Å². The molecule has 238 valence electrons. The van der Waals surface area contributed by atoms with Crippen molar-refractivity contribution in [2.24, 2.45) is 0 Å². The van der Waals surface area contributed by atoms with Crippen molar-refractivity contribution < 1.29 is 0 Å². The second-order valence-electron chi connectivity index (χ2n) is 14.3. The predicted octanol–water partition coefficient (Wildman–Crippen LogP) is 14.8. The third-order valence-corrected chi connectivity index (χ3v) is 11.7. The van der Waals surface area contributed by atoms with Crippen molar-refractivity contribution in [3.63, 3.8) is 0 Å². The van der Waals surface area contributed by atoms with E-state index < -0.39 is 0 Å². The van der Waals surface area contributed by atoms with E-state index in [1.807, 2.05) is 0 Å². The lowest BCUT2D eigenvalue weighted by Gasteiger charge is -2.19. The summed E-state index contributed by atoms with van der Waals surface area (Å²) in [5.41, 5.74) is 7.66. The van der Waals surface area contributed by atoms with Gasteiger partial charge >= 0.3 is 0 Å². The molecule has 0 spiro atoms. The highest BCUT2D eigenvalue weighted by Crippen LogP contribution is 2.54. The zero-order valence-electron chi connectivity index (χ0n) is 28.3. The molecule has 0 aliphatic rings. The van der Waals surface area contributed by atoms with Crippen LogP contribution >= 0.6 is 0 Å². The van der Waals surface area contributed by atoms with Gasteiger partial charge in [0.2, 0.25) is 0 Å². The summed E-state index contributed by atoms with van der Waals surface area (Å²) < 4.78 is 0. The molecule has 0 bridgehead atoms. The molecule has 0 fully saturated rings. The molecule has 0 aliphatic heterocycles. The first-order valence-electron chi connectivity index (χ1n) is 18.2. The van der Waals surface area contributed by atoms with Crippen LogP contribution in [0.3, 0.4) is 0 Å². The van der Waals surface area contributed by atoms with Crippen LogP contribution in [0.4, 0.5) is 0 Å². The molecule has 0 aliphatic carbocycles. The third-order valence-electron chi connectivity index (χ3n) is 11.7. The molecule has 0 atom stereocenters. The van der Waals surface area contributed by atoms with Crippen molar-refractivity contribution in [2.45, 2.75) is 0 Å². The van der Waals surface area contributed by atoms with Crippen LogP contribution in [-0.4, -0.2) is 0 Å². The van der Waals surface area contributed by atoms with Crippen LogP contribution in [0, 0.1) is 0 Å². The highest BCUT2D eigenvalue weighted by Gasteiger charge is 2.26. The van der Waals surface area contributed by atoms with E-state index in [4.69, 9.17) is 0 Å².